The first-order chi connectivity index (χ1) is 8.70. The minimum Gasteiger partial charge on any atom is -0.394 e. The maximum atomic E-state index is 9.59. The number of halogens is 1. The average Bonchev–Trinajstić information content (AvgIpc) is 2.83. The van der Waals surface area contributed by atoms with E-state index in [9.17, 15) is 5.11 Å². The summed E-state index contributed by atoms with van der Waals surface area (Å²) in [7, 11) is 2.00. The van der Waals surface area contributed by atoms with Crippen LogP contribution in [0.3, 0.4) is 0 Å². The minimum absolute atomic E-state index is 0.0100. The third kappa shape index (κ3) is 3.38. The van der Waals surface area contributed by atoms with E-state index in [1.165, 1.54) is 0 Å². The van der Waals surface area contributed by atoms with Crippen LogP contribution in [0.5, 0.6) is 0 Å². The first kappa shape index (κ1) is 13.7. The van der Waals surface area contributed by atoms with Gasteiger partial charge in [0.05, 0.1) is 23.9 Å². The zero-order valence-corrected chi connectivity index (χ0v) is 12.5. The Bertz CT molecular complexity index is 489. The SMILES string of the molecule is CN(Cc1cscn1)[C@@H](CO)c1cccc(Br)c1. The standard InChI is InChI=1S/C13H15BrN2OS/c1-16(6-12-8-18-9-15-12)13(7-17)10-3-2-4-11(14)5-10/h2-5,8-9,13,17H,6-7H2,1H3/t13-/m0/s1. The number of aromatic nitrogens is 1. The van der Waals surface area contributed by atoms with Crippen molar-refractivity contribution in [1.82, 2.24) is 9.88 Å². The van der Waals surface area contributed by atoms with Crippen LogP contribution >= 0.6 is 27.3 Å². The van der Waals surface area contributed by atoms with E-state index in [2.05, 4.69) is 25.8 Å². The summed E-state index contributed by atoms with van der Waals surface area (Å²) in [5, 5.41) is 11.6. The number of likely N-dealkylation sites (N-methyl/N-ethyl adjacent to an activating group) is 1. The Kier molecular flexibility index (Phi) is 4.88. The Morgan fingerprint density at radius 3 is 2.94 bits per heavy atom. The average molecular weight is 327 g/mol. The van der Waals surface area contributed by atoms with Gasteiger partial charge in [0.2, 0.25) is 0 Å². The molecule has 0 saturated carbocycles. The molecule has 18 heavy (non-hydrogen) atoms. The lowest BCUT2D eigenvalue weighted by molar-refractivity contribution is 0.141. The summed E-state index contributed by atoms with van der Waals surface area (Å²) in [6.07, 6.45) is 0. The van der Waals surface area contributed by atoms with Crippen LogP contribution < -0.4 is 0 Å². The van der Waals surface area contributed by atoms with Crippen molar-refractivity contribution in [2.45, 2.75) is 12.6 Å². The second-order valence-electron chi connectivity index (χ2n) is 4.15. The number of hydrogen-bond acceptors (Lipinski definition) is 4. The van der Waals surface area contributed by atoms with E-state index in [1.54, 1.807) is 11.3 Å². The summed E-state index contributed by atoms with van der Waals surface area (Å²) in [5.74, 6) is 0. The van der Waals surface area contributed by atoms with Gasteiger partial charge in [-0.1, -0.05) is 28.1 Å². The third-order valence-electron chi connectivity index (χ3n) is 2.83. The fraction of sp³-hybridized carbons (Fsp3) is 0.308. The molecule has 3 nitrogen and oxygen atoms in total. The summed E-state index contributed by atoms with van der Waals surface area (Å²) in [5.41, 5.74) is 3.97. The quantitative estimate of drug-likeness (QED) is 0.917. The molecule has 0 saturated heterocycles. The predicted octanol–water partition coefficient (Wildman–Crippen LogP) is 3.07. The molecule has 1 atom stereocenters. The highest BCUT2D eigenvalue weighted by atomic mass is 79.9. The van der Waals surface area contributed by atoms with Gasteiger partial charge in [-0.3, -0.25) is 4.90 Å². The molecule has 1 aromatic heterocycles. The first-order valence-corrected chi connectivity index (χ1v) is 7.38. The molecule has 0 radical (unpaired) electrons. The molecule has 1 aromatic carbocycles. The van der Waals surface area contributed by atoms with Crippen LogP contribution in [0.2, 0.25) is 0 Å². The van der Waals surface area contributed by atoms with Crippen molar-refractivity contribution in [3.05, 3.63) is 50.9 Å². The summed E-state index contributed by atoms with van der Waals surface area (Å²) in [6, 6.07) is 8.03. The normalized spacial score (nSPS) is 12.9. The van der Waals surface area contributed by atoms with Gasteiger partial charge in [0.25, 0.3) is 0 Å². The molecule has 5 heteroatoms. The maximum Gasteiger partial charge on any atom is 0.0795 e. The van der Waals surface area contributed by atoms with Crippen LogP contribution in [0.25, 0.3) is 0 Å². The zero-order chi connectivity index (χ0) is 13.0. The first-order valence-electron chi connectivity index (χ1n) is 5.64. The highest BCUT2D eigenvalue weighted by Crippen LogP contribution is 2.23. The lowest BCUT2D eigenvalue weighted by Crippen LogP contribution is -2.27. The molecule has 0 amide bonds. The molecule has 0 spiro atoms. The maximum absolute atomic E-state index is 9.59. The van der Waals surface area contributed by atoms with Crippen molar-refractivity contribution in [2.75, 3.05) is 13.7 Å². The largest absolute Gasteiger partial charge is 0.394 e. The molecule has 0 aliphatic carbocycles. The fourth-order valence-corrected chi connectivity index (χ4v) is 2.86. The molecular weight excluding hydrogens is 312 g/mol. The van der Waals surface area contributed by atoms with Gasteiger partial charge in [0, 0.05) is 16.4 Å². The summed E-state index contributed by atoms with van der Waals surface area (Å²) in [6.45, 7) is 0.832. The van der Waals surface area contributed by atoms with Crippen molar-refractivity contribution < 1.29 is 5.11 Å². The Balaban J connectivity index is 2.12. The zero-order valence-electron chi connectivity index (χ0n) is 10.1. The van der Waals surface area contributed by atoms with Crippen LogP contribution in [0.4, 0.5) is 0 Å². The summed E-state index contributed by atoms with van der Waals surface area (Å²) in [4.78, 5) is 6.38. The van der Waals surface area contributed by atoms with Crippen molar-refractivity contribution in [1.29, 1.82) is 0 Å². The number of aliphatic hydroxyl groups excluding tert-OH is 1. The minimum atomic E-state index is -0.0100. The number of thiazole rings is 1. The molecule has 0 aliphatic rings. The van der Waals surface area contributed by atoms with Crippen LogP contribution in [0.1, 0.15) is 17.3 Å². The van der Waals surface area contributed by atoms with Crippen molar-refractivity contribution in [3.8, 4) is 0 Å². The number of aliphatic hydroxyl groups is 1. The van der Waals surface area contributed by atoms with Gasteiger partial charge >= 0.3 is 0 Å². The van der Waals surface area contributed by atoms with E-state index in [4.69, 9.17) is 0 Å². The van der Waals surface area contributed by atoms with Crippen LogP contribution in [0.15, 0.2) is 39.6 Å². The molecular formula is C13H15BrN2OS. The van der Waals surface area contributed by atoms with E-state index in [1.807, 2.05) is 42.2 Å². The van der Waals surface area contributed by atoms with Crippen molar-refractivity contribution in [3.63, 3.8) is 0 Å². The summed E-state index contributed by atoms with van der Waals surface area (Å²) >= 11 is 5.05. The van der Waals surface area contributed by atoms with Gasteiger partial charge in [-0.2, -0.15) is 0 Å². The second-order valence-corrected chi connectivity index (χ2v) is 5.78. The lowest BCUT2D eigenvalue weighted by Gasteiger charge is -2.26. The molecule has 1 heterocycles. The van der Waals surface area contributed by atoms with Crippen molar-refractivity contribution in [2.24, 2.45) is 0 Å². The molecule has 2 aromatic rings. The molecule has 0 aliphatic heterocycles. The van der Waals surface area contributed by atoms with Crippen molar-refractivity contribution >= 4 is 27.3 Å². The van der Waals surface area contributed by atoms with E-state index in [0.29, 0.717) is 0 Å². The Hall–Kier alpha value is -0.750. The van der Waals surface area contributed by atoms with Gasteiger partial charge in [-0.15, -0.1) is 11.3 Å². The molecule has 96 valence electrons. The lowest BCUT2D eigenvalue weighted by atomic mass is 10.1. The Labute approximate surface area is 119 Å². The predicted molar refractivity (Wildman–Crippen MR) is 77.5 cm³/mol. The monoisotopic (exact) mass is 326 g/mol. The van der Waals surface area contributed by atoms with Gasteiger partial charge in [-0.05, 0) is 24.7 Å². The number of nitrogens with zero attached hydrogens (tertiary/aromatic N) is 2. The molecule has 0 bridgehead atoms. The number of hydrogen-bond donors (Lipinski definition) is 1. The van der Waals surface area contributed by atoms with Crippen LogP contribution in [-0.4, -0.2) is 28.6 Å². The smallest absolute Gasteiger partial charge is 0.0795 e. The Morgan fingerprint density at radius 1 is 1.50 bits per heavy atom. The second kappa shape index (κ2) is 6.43. The molecule has 2 rings (SSSR count). The number of rotatable bonds is 5. The Morgan fingerprint density at radius 2 is 2.33 bits per heavy atom. The van der Waals surface area contributed by atoms with E-state index < -0.39 is 0 Å². The molecule has 0 unspecified atom stereocenters. The van der Waals surface area contributed by atoms with Gasteiger partial charge in [0.15, 0.2) is 0 Å². The van der Waals surface area contributed by atoms with E-state index in [0.717, 1.165) is 22.3 Å². The van der Waals surface area contributed by atoms with Gasteiger partial charge < -0.3 is 5.11 Å². The third-order valence-corrected chi connectivity index (χ3v) is 3.96. The van der Waals surface area contributed by atoms with E-state index >= 15 is 0 Å². The van der Waals surface area contributed by atoms with Gasteiger partial charge in [-0.25, -0.2) is 4.98 Å². The van der Waals surface area contributed by atoms with Gasteiger partial charge in [0.1, 0.15) is 0 Å². The van der Waals surface area contributed by atoms with E-state index in [-0.39, 0.29) is 12.6 Å². The highest BCUT2D eigenvalue weighted by Gasteiger charge is 2.17. The summed E-state index contributed by atoms with van der Waals surface area (Å²) < 4.78 is 1.03. The topological polar surface area (TPSA) is 36.4 Å². The molecule has 1 N–H and O–H groups in total. The molecule has 0 fully saturated rings. The van der Waals surface area contributed by atoms with Crippen LogP contribution in [0, 0.1) is 0 Å². The van der Waals surface area contributed by atoms with Crippen LogP contribution in [-0.2, 0) is 6.54 Å². The number of benzene rings is 1. The fourth-order valence-electron chi connectivity index (χ4n) is 1.89. The highest BCUT2D eigenvalue weighted by molar-refractivity contribution is 9.10.